The maximum absolute atomic E-state index is 11.8. The molecule has 0 aromatic rings. The van der Waals surface area contributed by atoms with E-state index in [0.29, 0.717) is 38.8 Å². The fourth-order valence-corrected chi connectivity index (χ4v) is 3.22. The van der Waals surface area contributed by atoms with Gasteiger partial charge in [0.15, 0.2) is 0 Å². The molecule has 2 atom stereocenters. The summed E-state index contributed by atoms with van der Waals surface area (Å²) < 4.78 is 15.9. The Labute approximate surface area is 165 Å². The lowest BCUT2D eigenvalue weighted by atomic mass is 10.0. The predicted octanol–water partition coefficient (Wildman–Crippen LogP) is 1.20. The van der Waals surface area contributed by atoms with Crippen molar-refractivity contribution in [1.82, 2.24) is 10.2 Å². The van der Waals surface area contributed by atoms with Crippen molar-refractivity contribution < 1.29 is 33.5 Å². The van der Waals surface area contributed by atoms with E-state index in [4.69, 9.17) is 9.42 Å². The van der Waals surface area contributed by atoms with E-state index in [1.54, 1.807) is 0 Å². The molecular weight excluding hydrogens is 387 g/mol. The summed E-state index contributed by atoms with van der Waals surface area (Å²) in [6.45, 7) is 1.95. The number of imide groups is 1. The van der Waals surface area contributed by atoms with Gasteiger partial charge in [-0.05, 0) is 25.7 Å². The van der Waals surface area contributed by atoms with E-state index < -0.39 is 7.60 Å². The van der Waals surface area contributed by atoms with Gasteiger partial charge >= 0.3 is 7.60 Å². The summed E-state index contributed by atoms with van der Waals surface area (Å²) in [6, 6.07) is 0. The third-order valence-electron chi connectivity index (χ3n) is 4.36. The van der Waals surface area contributed by atoms with Gasteiger partial charge in [0.2, 0.25) is 5.91 Å². The van der Waals surface area contributed by atoms with E-state index >= 15 is 0 Å². The smallest absolute Gasteiger partial charge is 0.325 e. The lowest BCUT2D eigenvalue weighted by Crippen LogP contribution is -2.30. The number of amides is 3. The van der Waals surface area contributed by atoms with Crippen LogP contribution in [-0.4, -0.2) is 65.6 Å². The fraction of sp³-hybridized carbons (Fsp3) is 0.722. The van der Waals surface area contributed by atoms with Gasteiger partial charge in [-0.2, -0.15) is 0 Å². The Hall–Kier alpha value is -1.54. The molecular formula is C18H31N2O7P. The van der Waals surface area contributed by atoms with E-state index in [0.717, 1.165) is 25.9 Å². The Kier molecular flexibility index (Phi) is 11.2. The molecule has 28 heavy (non-hydrogen) atoms. The minimum atomic E-state index is -3.53. The van der Waals surface area contributed by atoms with Crippen molar-refractivity contribution >= 4 is 25.3 Å². The second kappa shape index (κ2) is 12.8. The lowest BCUT2D eigenvalue weighted by molar-refractivity contribution is -0.137. The molecule has 0 aliphatic carbocycles. The SMILES string of the molecule is CP(=O)(O)OCC(CO)CCCCNC(=O)CCCCCN1C(=O)C=CC1=O. The topological polar surface area (TPSA) is 133 Å². The predicted molar refractivity (Wildman–Crippen MR) is 103 cm³/mol. The Bertz CT molecular complexity index is 585. The Morgan fingerprint density at radius 3 is 2.46 bits per heavy atom. The number of hydrogen-bond donors (Lipinski definition) is 3. The summed E-state index contributed by atoms with van der Waals surface area (Å²) >= 11 is 0. The van der Waals surface area contributed by atoms with Gasteiger partial charge in [0.25, 0.3) is 11.8 Å². The largest absolute Gasteiger partial charge is 0.396 e. The molecule has 160 valence electrons. The van der Waals surface area contributed by atoms with Gasteiger partial charge in [-0.25, -0.2) is 0 Å². The zero-order chi connectivity index (χ0) is 21.0. The molecule has 1 aliphatic heterocycles. The third-order valence-corrected chi connectivity index (χ3v) is 4.98. The second-order valence-corrected chi connectivity index (χ2v) is 8.83. The van der Waals surface area contributed by atoms with Crippen LogP contribution < -0.4 is 5.32 Å². The molecule has 1 aliphatic rings. The average molecular weight is 418 g/mol. The standard InChI is InChI=1S/C18H31N2O7P/c1-28(25,26)27-14-15(13-21)7-4-5-11-19-16(22)8-3-2-6-12-20-17(23)9-10-18(20)24/h9-10,15,21H,2-8,11-14H2,1H3,(H,19,22)(H,25,26). The van der Waals surface area contributed by atoms with Crippen LogP contribution in [-0.2, 0) is 23.5 Å². The normalized spacial score (nSPS) is 17.0. The molecule has 0 radical (unpaired) electrons. The highest BCUT2D eigenvalue weighted by atomic mass is 31.2. The van der Waals surface area contributed by atoms with Crippen molar-refractivity contribution in [1.29, 1.82) is 0 Å². The van der Waals surface area contributed by atoms with Crippen molar-refractivity contribution in [3.05, 3.63) is 12.2 Å². The first-order chi connectivity index (χ1) is 13.2. The molecule has 3 N–H and O–H groups in total. The van der Waals surface area contributed by atoms with Crippen LogP contribution >= 0.6 is 7.60 Å². The van der Waals surface area contributed by atoms with Crippen LogP contribution in [0.15, 0.2) is 12.2 Å². The van der Waals surface area contributed by atoms with Crippen molar-refractivity contribution in [3.8, 4) is 0 Å². The Balaban J connectivity index is 1.99. The number of aliphatic hydroxyl groups excluding tert-OH is 1. The Morgan fingerprint density at radius 1 is 1.18 bits per heavy atom. The van der Waals surface area contributed by atoms with Gasteiger partial charge in [-0.1, -0.05) is 12.8 Å². The maximum atomic E-state index is 11.8. The summed E-state index contributed by atoms with van der Waals surface area (Å²) in [5, 5.41) is 12.1. The fourth-order valence-electron chi connectivity index (χ4n) is 2.73. The minimum Gasteiger partial charge on any atom is -0.396 e. The van der Waals surface area contributed by atoms with E-state index in [9.17, 15) is 24.1 Å². The molecule has 10 heteroatoms. The number of nitrogens with one attached hydrogen (secondary N) is 1. The van der Waals surface area contributed by atoms with Crippen LogP contribution in [0.2, 0.25) is 0 Å². The van der Waals surface area contributed by atoms with Gasteiger partial charge < -0.3 is 19.8 Å². The number of rotatable bonds is 15. The van der Waals surface area contributed by atoms with Gasteiger partial charge in [0.1, 0.15) is 0 Å². The molecule has 0 aromatic heterocycles. The molecule has 0 fully saturated rings. The number of carbonyl (C=O) groups excluding carboxylic acids is 3. The van der Waals surface area contributed by atoms with Gasteiger partial charge in [-0.3, -0.25) is 23.8 Å². The first-order valence-corrected chi connectivity index (χ1v) is 11.6. The first-order valence-electron chi connectivity index (χ1n) is 9.59. The van der Waals surface area contributed by atoms with Crippen LogP contribution in [0.25, 0.3) is 0 Å². The molecule has 9 nitrogen and oxygen atoms in total. The van der Waals surface area contributed by atoms with E-state index in [-0.39, 0.29) is 36.9 Å². The van der Waals surface area contributed by atoms with Gasteiger partial charge in [0, 0.05) is 50.9 Å². The summed E-state index contributed by atoms with van der Waals surface area (Å²) in [5.74, 6) is -0.791. The first kappa shape index (κ1) is 24.5. The molecule has 0 saturated heterocycles. The van der Waals surface area contributed by atoms with Crippen molar-refractivity contribution in [3.63, 3.8) is 0 Å². The molecule has 1 rings (SSSR count). The second-order valence-electron chi connectivity index (χ2n) is 6.97. The molecule has 0 saturated carbocycles. The van der Waals surface area contributed by atoms with Crippen molar-refractivity contribution in [2.75, 3.05) is 33.0 Å². The van der Waals surface area contributed by atoms with Crippen LogP contribution in [0.5, 0.6) is 0 Å². The highest BCUT2D eigenvalue weighted by Gasteiger charge is 2.22. The molecule has 2 unspecified atom stereocenters. The summed E-state index contributed by atoms with van der Waals surface area (Å²) in [5.41, 5.74) is 0. The van der Waals surface area contributed by atoms with Gasteiger partial charge in [0.05, 0.1) is 6.61 Å². The zero-order valence-corrected chi connectivity index (χ0v) is 17.2. The molecule has 1 heterocycles. The zero-order valence-electron chi connectivity index (χ0n) is 16.3. The highest BCUT2D eigenvalue weighted by molar-refractivity contribution is 7.51. The highest BCUT2D eigenvalue weighted by Crippen LogP contribution is 2.37. The van der Waals surface area contributed by atoms with Crippen molar-refractivity contribution in [2.45, 2.75) is 44.9 Å². The maximum Gasteiger partial charge on any atom is 0.325 e. The lowest BCUT2D eigenvalue weighted by Gasteiger charge is -2.15. The van der Waals surface area contributed by atoms with E-state index in [1.807, 2.05) is 0 Å². The minimum absolute atomic E-state index is 0.0377. The number of carbonyl (C=O) groups is 3. The van der Waals surface area contributed by atoms with Gasteiger partial charge in [-0.15, -0.1) is 0 Å². The average Bonchev–Trinajstić information content (AvgIpc) is 2.94. The molecule has 3 amide bonds. The Morgan fingerprint density at radius 2 is 1.86 bits per heavy atom. The third kappa shape index (κ3) is 10.7. The van der Waals surface area contributed by atoms with Crippen molar-refractivity contribution in [2.24, 2.45) is 5.92 Å². The summed E-state index contributed by atoms with van der Waals surface area (Å²) in [4.78, 5) is 44.8. The van der Waals surface area contributed by atoms with Crippen LogP contribution in [0, 0.1) is 5.92 Å². The monoisotopic (exact) mass is 418 g/mol. The number of hydrogen-bond acceptors (Lipinski definition) is 6. The molecule has 0 bridgehead atoms. The van der Waals surface area contributed by atoms with E-state index in [1.165, 1.54) is 17.1 Å². The van der Waals surface area contributed by atoms with Crippen LogP contribution in [0.3, 0.4) is 0 Å². The number of nitrogens with zero attached hydrogens (tertiary/aromatic N) is 1. The molecule has 0 aromatic carbocycles. The quantitative estimate of drug-likeness (QED) is 0.207. The summed E-state index contributed by atoms with van der Waals surface area (Å²) in [6.07, 6.45) is 7.21. The summed E-state index contributed by atoms with van der Waals surface area (Å²) in [7, 11) is -3.53. The number of unbranched alkanes of at least 4 members (excludes halogenated alkanes) is 3. The van der Waals surface area contributed by atoms with Crippen LogP contribution in [0.4, 0.5) is 0 Å². The molecule has 0 spiro atoms. The van der Waals surface area contributed by atoms with E-state index in [2.05, 4.69) is 5.32 Å². The van der Waals surface area contributed by atoms with Crippen LogP contribution in [0.1, 0.15) is 44.9 Å². The number of aliphatic hydroxyl groups is 1.